The Morgan fingerprint density at radius 2 is 2.11 bits per heavy atom. The highest BCUT2D eigenvalue weighted by molar-refractivity contribution is 14.0. The lowest BCUT2D eigenvalue weighted by Gasteiger charge is -2.32. The monoisotopic (exact) mass is 500 g/mol. The van der Waals surface area contributed by atoms with Crippen LogP contribution in [0.4, 0.5) is 0 Å². The first-order valence-electron chi connectivity index (χ1n) is 10.0. The van der Waals surface area contributed by atoms with Crippen molar-refractivity contribution in [3.05, 3.63) is 42.1 Å². The normalized spacial score (nSPS) is 16.4. The Bertz CT molecular complexity index is 693. The highest BCUT2D eigenvalue weighted by Gasteiger charge is 2.24. The molecule has 1 saturated heterocycles. The Morgan fingerprint density at radius 3 is 2.75 bits per heavy atom. The standard InChI is InChI=1S/C20H32N6O.HI/c1-3-21-20(22-10-9-17-14-24-25(2)16-17)23-15-18(19-8-7-13-27-19)26-11-5-4-6-12-26;/h7-8,13-14,16,18H,3-6,9-12,15H2,1-2H3,(H2,21,22,23);1H. The summed E-state index contributed by atoms with van der Waals surface area (Å²) in [5.41, 5.74) is 1.22. The first kappa shape index (κ1) is 22.7. The number of hydrogen-bond donors (Lipinski definition) is 2. The Morgan fingerprint density at radius 1 is 1.29 bits per heavy atom. The van der Waals surface area contributed by atoms with Crippen LogP contribution >= 0.6 is 24.0 Å². The minimum Gasteiger partial charge on any atom is -0.468 e. The van der Waals surface area contributed by atoms with E-state index in [1.165, 1.54) is 24.8 Å². The van der Waals surface area contributed by atoms with Crippen LogP contribution in [0.25, 0.3) is 0 Å². The van der Waals surface area contributed by atoms with Crippen LogP contribution in [0.5, 0.6) is 0 Å². The van der Waals surface area contributed by atoms with Crippen LogP contribution in [-0.4, -0.2) is 53.4 Å². The lowest BCUT2D eigenvalue weighted by molar-refractivity contribution is 0.150. The van der Waals surface area contributed by atoms with Crippen molar-refractivity contribution >= 4 is 29.9 Å². The third kappa shape index (κ3) is 6.80. The van der Waals surface area contributed by atoms with Crippen LogP contribution in [0.2, 0.25) is 0 Å². The van der Waals surface area contributed by atoms with Gasteiger partial charge in [0.05, 0.1) is 25.0 Å². The van der Waals surface area contributed by atoms with Gasteiger partial charge >= 0.3 is 0 Å². The number of nitrogens with one attached hydrogen (secondary N) is 2. The van der Waals surface area contributed by atoms with Gasteiger partial charge in [-0.1, -0.05) is 6.42 Å². The molecule has 2 aromatic heterocycles. The quantitative estimate of drug-likeness (QED) is 0.332. The molecule has 3 rings (SSSR count). The number of furan rings is 1. The molecule has 0 amide bonds. The Kier molecular flexibility index (Phi) is 9.83. The van der Waals surface area contributed by atoms with E-state index in [-0.39, 0.29) is 30.0 Å². The summed E-state index contributed by atoms with van der Waals surface area (Å²) in [7, 11) is 1.94. The molecule has 0 saturated carbocycles. The number of aromatic nitrogens is 2. The van der Waals surface area contributed by atoms with Crippen LogP contribution in [0.3, 0.4) is 0 Å². The van der Waals surface area contributed by atoms with Crippen molar-refractivity contribution in [3.63, 3.8) is 0 Å². The summed E-state index contributed by atoms with van der Waals surface area (Å²) < 4.78 is 7.56. The summed E-state index contributed by atoms with van der Waals surface area (Å²) >= 11 is 0. The molecule has 28 heavy (non-hydrogen) atoms. The maximum atomic E-state index is 5.72. The fourth-order valence-corrected chi connectivity index (χ4v) is 3.54. The predicted octanol–water partition coefficient (Wildman–Crippen LogP) is 2.96. The van der Waals surface area contributed by atoms with Crippen molar-refractivity contribution in [2.45, 2.75) is 38.6 Å². The molecule has 8 heteroatoms. The molecular formula is C20H33IN6O. The van der Waals surface area contributed by atoms with Crippen molar-refractivity contribution in [2.24, 2.45) is 12.0 Å². The molecule has 0 spiro atoms. The van der Waals surface area contributed by atoms with E-state index in [0.717, 1.165) is 44.3 Å². The van der Waals surface area contributed by atoms with Crippen LogP contribution in [0.1, 0.15) is 43.6 Å². The largest absolute Gasteiger partial charge is 0.468 e. The van der Waals surface area contributed by atoms with Crippen LogP contribution in [0.15, 0.2) is 40.2 Å². The minimum absolute atomic E-state index is 0. The highest BCUT2D eigenvalue weighted by Crippen LogP contribution is 2.25. The summed E-state index contributed by atoms with van der Waals surface area (Å²) in [6, 6.07) is 4.24. The first-order valence-corrected chi connectivity index (χ1v) is 10.0. The van der Waals surface area contributed by atoms with Gasteiger partial charge in [-0.05, 0) is 57.0 Å². The number of piperidine rings is 1. The van der Waals surface area contributed by atoms with Crippen LogP contribution < -0.4 is 10.6 Å². The summed E-state index contributed by atoms with van der Waals surface area (Å²) in [6.07, 6.45) is 10.5. The Balaban J connectivity index is 0.00000280. The molecule has 1 unspecified atom stereocenters. The van der Waals surface area contributed by atoms with Gasteiger partial charge < -0.3 is 15.1 Å². The average Bonchev–Trinajstić information content (AvgIpc) is 3.35. The zero-order valence-corrected chi connectivity index (χ0v) is 19.3. The van der Waals surface area contributed by atoms with Gasteiger partial charge in [0.2, 0.25) is 0 Å². The molecule has 7 nitrogen and oxygen atoms in total. The summed E-state index contributed by atoms with van der Waals surface area (Å²) in [4.78, 5) is 7.36. The molecule has 1 aliphatic heterocycles. The summed E-state index contributed by atoms with van der Waals surface area (Å²) in [6.45, 7) is 6.68. The molecule has 156 valence electrons. The molecule has 1 aliphatic rings. The van der Waals surface area contributed by atoms with Gasteiger partial charge in [0.15, 0.2) is 5.96 Å². The van der Waals surface area contributed by atoms with Gasteiger partial charge in [0, 0.05) is 26.3 Å². The molecular weight excluding hydrogens is 467 g/mol. The van der Waals surface area contributed by atoms with Crippen molar-refractivity contribution in [1.82, 2.24) is 25.3 Å². The topological polar surface area (TPSA) is 70.6 Å². The Labute approximate surface area is 185 Å². The lowest BCUT2D eigenvalue weighted by atomic mass is 10.1. The van der Waals surface area contributed by atoms with Gasteiger partial charge in [0.1, 0.15) is 5.76 Å². The number of nitrogens with zero attached hydrogens (tertiary/aromatic N) is 4. The maximum Gasteiger partial charge on any atom is 0.191 e. The van der Waals surface area contributed by atoms with Gasteiger partial charge in [-0.3, -0.25) is 14.6 Å². The van der Waals surface area contributed by atoms with Gasteiger partial charge in [0.25, 0.3) is 0 Å². The fourth-order valence-electron chi connectivity index (χ4n) is 3.54. The number of halogens is 1. The van der Waals surface area contributed by atoms with E-state index in [1.807, 2.05) is 24.0 Å². The van der Waals surface area contributed by atoms with E-state index in [9.17, 15) is 0 Å². The predicted molar refractivity (Wildman–Crippen MR) is 123 cm³/mol. The van der Waals surface area contributed by atoms with Gasteiger partial charge in [-0.15, -0.1) is 24.0 Å². The van der Waals surface area contributed by atoms with Gasteiger partial charge in [-0.2, -0.15) is 5.10 Å². The van der Waals surface area contributed by atoms with E-state index in [4.69, 9.17) is 9.41 Å². The first-order chi connectivity index (χ1) is 13.3. The highest BCUT2D eigenvalue weighted by atomic mass is 127. The number of guanidine groups is 1. The maximum absolute atomic E-state index is 5.72. The summed E-state index contributed by atoms with van der Waals surface area (Å²) in [5, 5.41) is 11.0. The summed E-state index contributed by atoms with van der Waals surface area (Å²) in [5.74, 6) is 1.86. The molecule has 0 aliphatic carbocycles. The molecule has 0 bridgehead atoms. The molecule has 1 fully saturated rings. The second-order valence-corrected chi connectivity index (χ2v) is 7.05. The van der Waals surface area contributed by atoms with Crippen LogP contribution in [0, 0.1) is 0 Å². The van der Waals surface area contributed by atoms with Crippen molar-refractivity contribution in [1.29, 1.82) is 0 Å². The third-order valence-electron chi connectivity index (χ3n) is 4.93. The zero-order valence-electron chi connectivity index (χ0n) is 16.9. The van der Waals surface area contributed by atoms with E-state index in [2.05, 4.69) is 39.8 Å². The number of aryl methyl sites for hydroxylation is 1. The van der Waals surface area contributed by atoms with E-state index in [0.29, 0.717) is 6.54 Å². The lowest BCUT2D eigenvalue weighted by Crippen LogP contribution is -2.40. The molecule has 1 atom stereocenters. The zero-order chi connectivity index (χ0) is 18.9. The van der Waals surface area contributed by atoms with Crippen molar-refractivity contribution in [2.75, 3.05) is 32.7 Å². The number of aliphatic imine (C=N–C) groups is 1. The van der Waals surface area contributed by atoms with E-state index < -0.39 is 0 Å². The number of rotatable bonds is 8. The molecule has 0 radical (unpaired) electrons. The fraction of sp³-hybridized carbons (Fsp3) is 0.600. The molecule has 0 aromatic carbocycles. The molecule has 2 N–H and O–H groups in total. The second-order valence-electron chi connectivity index (χ2n) is 7.05. The van der Waals surface area contributed by atoms with Gasteiger partial charge in [-0.25, -0.2) is 0 Å². The van der Waals surface area contributed by atoms with Crippen LogP contribution in [-0.2, 0) is 13.5 Å². The molecule has 3 heterocycles. The average molecular weight is 500 g/mol. The number of likely N-dealkylation sites (tertiary alicyclic amines) is 1. The minimum atomic E-state index is 0. The SMILES string of the molecule is CCNC(=NCC(c1ccco1)N1CCCCC1)NCCc1cnn(C)c1.I. The van der Waals surface area contributed by atoms with E-state index in [1.54, 1.807) is 6.26 Å². The smallest absolute Gasteiger partial charge is 0.191 e. The number of hydrogen-bond acceptors (Lipinski definition) is 4. The van der Waals surface area contributed by atoms with E-state index >= 15 is 0 Å². The second kappa shape index (κ2) is 12.1. The Hall–Kier alpha value is -1.55. The third-order valence-corrected chi connectivity index (χ3v) is 4.93. The van der Waals surface area contributed by atoms with Crippen molar-refractivity contribution < 1.29 is 4.42 Å². The molecule has 2 aromatic rings. The van der Waals surface area contributed by atoms with Crippen molar-refractivity contribution in [3.8, 4) is 0 Å².